The van der Waals surface area contributed by atoms with Gasteiger partial charge in [-0.25, -0.2) is 15.3 Å². The Bertz CT molecular complexity index is 413. The predicted octanol–water partition coefficient (Wildman–Crippen LogP) is 0.0187. The molecule has 1 atom stereocenters. The lowest BCUT2D eigenvalue weighted by molar-refractivity contribution is -0.154. The molecule has 9 heteroatoms. The summed E-state index contributed by atoms with van der Waals surface area (Å²) in [5.41, 5.74) is 4.81. The van der Waals surface area contributed by atoms with Crippen LogP contribution in [0.3, 0.4) is 0 Å². The van der Waals surface area contributed by atoms with Crippen LogP contribution in [-0.2, 0) is 9.59 Å². The molecule has 1 fully saturated rings. The van der Waals surface area contributed by atoms with Crippen molar-refractivity contribution in [1.29, 1.82) is 0 Å². The highest BCUT2D eigenvalue weighted by molar-refractivity contribution is 5.83. The number of rotatable bonds is 8. The third kappa shape index (κ3) is 7.14. The van der Waals surface area contributed by atoms with Gasteiger partial charge in [-0.15, -0.1) is 0 Å². The molecule has 3 N–H and O–H groups in total. The van der Waals surface area contributed by atoms with Crippen LogP contribution in [0.1, 0.15) is 32.6 Å². The first kappa shape index (κ1) is 20.2. The van der Waals surface area contributed by atoms with Gasteiger partial charge in [-0.05, 0) is 13.5 Å². The lowest BCUT2D eigenvalue weighted by Crippen LogP contribution is -2.55. The molecule has 0 aliphatic carbocycles. The van der Waals surface area contributed by atoms with E-state index in [1.165, 1.54) is 0 Å². The van der Waals surface area contributed by atoms with Crippen LogP contribution < -0.4 is 10.9 Å². The number of carbonyl (C=O) groups excluding carboxylic acids is 3. The van der Waals surface area contributed by atoms with Crippen molar-refractivity contribution in [3.05, 3.63) is 0 Å². The summed E-state index contributed by atoms with van der Waals surface area (Å²) >= 11 is 0. The van der Waals surface area contributed by atoms with E-state index in [1.54, 1.807) is 4.90 Å². The van der Waals surface area contributed by atoms with Gasteiger partial charge < -0.3 is 9.80 Å². The largest absolute Gasteiger partial charge is 0.336 e. The summed E-state index contributed by atoms with van der Waals surface area (Å²) in [6.45, 7) is 4.75. The number of urea groups is 1. The normalized spacial score (nSPS) is 16.4. The van der Waals surface area contributed by atoms with Crippen molar-refractivity contribution < 1.29 is 19.6 Å². The molecule has 0 unspecified atom stereocenters. The fourth-order valence-electron chi connectivity index (χ4n) is 2.52. The van der Waals surface area contributed by atoms with E-state index in [9.17, 15) is 19.6 Å². The van der Waals surface area contributed by atoms with Crippen molar-refractivity contribution in [2.75, 3.05) is 39.8 Å². The van der Waals surface area contributed by atoms with E-state index in [4.69, 9.17) is 0 Å². The Hall–Kier alpha value is -1.87. The highest BCUT2D eigenvalue weighted by Gasteiger charge is 2.23. The molecule has 0 saturated carbocycles. The van der Waals surface area contributed by atoms with Crippen LogP contribution >= 0.6 is 0 Å². The minimum Gasteiger partial charge on any atom is -0.321 e. The molecule has 0 bridgehead atoms. The molecule has 0 radical (unpaired) electrons. The van der Waals surface area contributed by atoms with Crippen LogP contribution in [0.4, 0.5) is 4.79 Å². The summed E-state index contributed by atoms with van der Waals surface area (Å²) in [4.78, 5) is 38.6. The second-order valence-corrected chi connectivity index (χ2v) is 6.13. The Morgan fingerprint density at radius 3 is 2.46 bits per heavy atom. The van der Waals surface area contributed by atoms with Gasteiger partial charge in [-0.3, -0.25) is 20.2 Å². The third-order valence-electron chi connectivity index (χ3n) is 4.14. The first-order valence-electron chi connectivity index (χ1n) is 8.42. The van der Waals surface area contributed by atoms with Crippen LogP contribution in [0.5, 0.6) is 0 Å². The molecule has 1 aliphatic heterocycles. The van der Waals surface area contributed by atoms with E-state index >= 15 is 0 Å². The molecule has 0 aromatic carbocycles. The van der Waals surface area contributed by atoms with Gasteiger partial charge in [0, 0.05) is 26.2 Å². The Morgan fingerprint density at radius 1 is 1.21 bits per heavy atom. The van der Waals surface area contributed by atoms with Gasteiger partial charge in [0.05, 0.1) is 12.5 Å². The number of hydrazine groups is 1. The summed E-state index contributed by atoms with van der Waals surface area (Å²) in [7, 11) is 1.99. The fraction of sp³-hybridized carbons (Fsp3) is 0.800. The molecule has 1 rings (SSSR count). The summed E-state index contributed by atoms with van der Waals surface area (Å²) in [5.74, 6) is -0.978. The van der Waals surface area contributed by atoms with E-state index < -0.39 is 11.8 Å². The van der Waals surface area contributed by atoms with Crippen LogP contribution in [0.15, 0.2) is 0 Å². The van der Waals surface area contributed by atoms with Crippen LogP contribution in [0.2, 0.25) is 0 Å². The minimum atomic E-state index is -0.570. The van der Waals surface area contributed by atoms with Gasteiger partial charge in [0.15, 0.2) is 0 Å². The van der Waals surface area contributed by atoms with Gasteiger partial charge in [0.2, 0.25) is 12.3 Å². The average Bonchev–Trinajstić information content (AvgIpc) is 2.59. The number of nitrogens with zero attached hydrogens (tertiary/aromatic N) is 3. The Labute approximate surface area is 142 Å². The molecule has 138 valence electrons. The van der Waals surface area contributed by atoms with E-state index in [1.807, 2.05) is 7.05 Å². The van der Waals surface area contributed by atoms with E-state index in [0.717, 1.165) is 32.4 Å². The minimum absolute atomic E-state index is 0.0938. The summed E-state index contributed by atoms with van der Waals surface area (Å²) in [6, 6.07) is -0.347. The SMILES string of the molecule is CCCCC[C@H](CN(O)C=O)C(=O)NNC(=O)N1CCN(C)CC1. The Balaban J connectivity index is 2.44. The Kier molecular flexibility index (Phi) is 9.10. The van der Waals surface area contributed by atoms with Crippen molar-refractivity contribution in [3.8, 4) is 0 Å². The topological polar surface area (TPSA) is 105 Å². The van der Waals surface area contributed by atoms with Crippen molar-refractivity contribution in [1.82, 2.24) is 25.7 Å². The van der Waals surface area contributed by atoms with Gasteiger partial charge in [0.1, 0.15) is 0 Å². The molecular weight excluding hydrogens is 314 g/mol. The molecule has 4 amide bonds. The summed E-state index contributed by atoms with van der Waals surface area (Å²) in [5, 5.41) is 9.78. The monoisotopic (exact) mass is 343 g/mol. The van der Waals surface area contributed by atoms with Gasteiger partial charge in [-0.2, -0.15) is 0 Å². The van der Waals surface area contributed by atoms with Crippen molar-refractivity contribution in [3.63, 3.8) is 0 Å². The third-order valence-corrected chi connectivity index (χ3v) is 4.14. The number of piperazine rings is 1. The maximum absolute atomic E-state index is 12.2. The van der Waals surface area contributed by atoms with Crippen LogP contribution in [0, 0.1) is 5.92 Å². The number of unbranched alkanes of at least 4 members (excludes halogenated alkanes) is 2. The van der Waals surface area contributed by atoms with Crippen LogP contribution in [0.25, 0.3) is 0 Å². The number of amides is 4. The van der Waals surface area contributed by atoms with Gasteiger partial charge >= 0.3 is 6.03 Å². The number of nitrogens with one attached hydrogen (secondary N) is 2. The molecule has 0 spiro atoms. The second kappa shape index (κ2) is 10.8. The zero-order chi connectivity index (χ0) is 17.9. The van der Waals surface area contributed by atoms with E-state index in [2.05, 4.69) is 22.7 Å². The predicted molar refractivity (Wildman–Crippen MR) is 87.9 cm³/mol. The molecule has 0 aromatic rings. The van der Waals surface area contributed by atoms with Gasteiger partial charge in [-0.1, -0.05) is 26.2 Å². The number of hydroxylamine groups is 2. The maximum atomic E-state index is 12.2. The molecule has 1 saturated heterocycles. The number of hydrogen-bond acceptors (Lipinski definition) is 5. The fourth-order valence-corrected chi connectivity index (χ4v) is 2.52. The lowest BCUT2D eigenvalue weighted by Gasteiger charge is -2.32. The summed E-state index contributed by atoms with van der Waals surface area (Å²) < 4.78 is 0. The zero-order valence-electron chi connectivity index (χ0n) is 14.5. The molecule has 24 heavy (non-hydrogen) atoms. The highest BCUT2D eigenvalue weighted by atomic mass is 16.5. The first-order valence-corrected chi connectivity index (χ1v) is 8.42. The van der Waals surface area contributed by atoms with Gasteiger partial charge in [0.25, 0.3) is 0 Å². The summed E-state index contributed by atoms with van der Waals surface area (Å²) in [6.07, 6.45) is 3.58. The van der Waals surface area contributed by atoms with E-state index in [-0.39, 0.29) is 19.0 Å². The average molecular weight is 343 g/mol. The second-order valence-electron chi connectivity index (χ2n) is 6.13. The Morgan fingerprint density at radius 2 is 1.88 bits per heavy atom. The number of carbonyl (C=O) groups is 3. The van der Waals surface area contributed by atoms with Crippen LogP contribution in [-0.4, -0.2) is 78.2 Å². The quantitative estimate of drug-likeness (QED) is 0.249. The maximum Gasteiger partial charge on any atom is 0.336 e. The van der Waals surface area contributed by atoms with Crippen molar-refractivity contribution >= 4 is 18.3 Å². The number of likely N-dealkylation sites (N-methyl/N-ethyl adjacent to an activating group) is 1. The standard InChI is InChI=1S/C15H29N5O4/c1-3-4-5-6-13(11-20(24)12-21)14(22)16-17-15(23)19-9-7-18(2)8-10-19/h12-13,24H,3-11H2,1-2H3,(H,16,22)(H,17,23)/t13-/m1/s1. The lowest BCUT2D eigenvalue weighted by atomic mass is 10.0. The molecule has 1 heterocycles. The number of hydrogen-bond donors (Lipinski definition) is 3. The molecule has 1 aliphatic rings. The van der Waals surface area contributed by atoms with Crippen molar-refractivity contribution in [2.45, 2.75) is 32.6 Å². The smallest absolute Gasteiger partial charge is 0.321 e. The molecular formula is C15H29N5O4. The molecule has 0 aromatic heterocycles. The van der Waals surface area contributed by atoms with Crippen molar-refractivity contribution in [2.24, 2.45) is 5.92 Å². The first-order chi connectivity index (χ1) is 11.5. The zero-order valence-corrected chi connectivity index (χ0v) is 14.5. The highest BCUT2D eigenvalue weighted by Crippen LogP contribution is 2.11. The van der Waals surface area contributed by atoms with E-state index in [0.29, 0.717) is 24.6 Å². The molecule has 9 nitrogen and oxygen atoms in total.